The lowest BCUT2D eigenvalue weighted by molar-refractivity contribution is -0.124. The summed E-state index contributed by atoms with van der Waals surface area (Å²) in [4.78, 5) is 29.8. The van der Waals surface area contributed by atoms with Gasteiger partial charge in [-0.25, -0.2) is 4.79 Å². The van der Waals surface area contributed by atoms with Crippen molar-refractivity contribution < 1.29 is 18.8 Å². The standard InChI is InChI=1S/C18H26N4O4S/c1-6-11(2)14(21-17(24)25-18(3,4)5)16(23)19-10-13-20-15(22-26-13)12-8-7-9-27-12/h7-9,11,14H,6,10H2,1-5H3,(H,19,23)(H,21,24). The first-order valence-corrected chi connectivity index (χ1v) is 9.71. The van der Waals surface area contributed by atoms with Crippen molar-refractivity contribution in [3.63, 3.8) is 0 Å². The largest absolute Gasteiger partial charge is 0.444 e. The zero-order chi connectivity index (χ0) is 20.0. The first-order chi connectivity index (χ1) is 12.7. The van der Waals surface area contributed by atoms with E-state index in [1.807, 2.05) is 31.4 Å². The Labute approximate surface area is 162 Å². The van der Waals surface area contributed by atoms with E-state index < -0.39 is 17.7 Å². The molecule has 2 heterocycles. The number of ether oxygens (including phenoxy) is 1. The van der Waals surface area contributed by atoms with E-state index in [0.29, 0.717) is 11.7 Å². The van der Waals surface area contributed by atoms with Crippen LogP contribution in [0, 0.1) is 5.92 Å². The molecule has 2 unspecified atom stereocenters. The second-order valence-corrected chi connectivity index (χ2v) is 8.16. The van der Waals surface area contributed by atoms with Crippen LogP contribution in [0.1, 0.15) is 46.9 Å². The van der Waals surface area contributed by atoms with Gasteiger partial charge in [0.05, 0.1) is 11.4 Å². The molecule has 0 aliphatic carbocycles. The summed E-state index contributed by atoms with van der Waals surface area (Å²) in [6, 6.07) is 3.07. The van der Waals surface area contributed by atoms with Crippen LogP contribution in [0.5, 0.6) is 0 Å². The minimum atomic E-state index is -0.718. The summed E-state index contributed by atoms with van der Waals surface area (Å²) in [7, 11) is 0. The van der Waals surface area contributed by atoms with E-state index in [9.17, 15) is 9.59 Å². The SMILES string of the molecule is CCC(C)C(NC(=O)OC(C)(C)C)C(=O)NCc1nc(-c2cccs2)no1. The van der Waals surface area contributed by atoms with E-state index in [2.05, 4.69) is 20.8 Å². The molecule has 2 N–H and O–H groups in total. The summed E-state index contributed by atoms with van der Waals surface area (Å²) in [5.74, 6) is 0.388. The van der Waals surface area contributed by atoms with E-state index in [4.69, 9.17) is 9.26 Å². The smallest absolute Gasteiger partial charge is 0.408 e. The Morgan fingerprint density at radius 2 is 2.11 bits per heavy atom. The Kier molecular flexibility index (Phi) is 6.95. The molecule has 0 aliphatic rings. The highest BCUT2D eigenvalue weighted by Gasteiger charge is 2.28. The molecule has 0 spiro atoms. The van der Waals surface area contributed by atoms with Gasteiger partial charge in [-0.05, 0) is 38.1 Å². The molecule has 0 saturated carbocycles. The zero-order valence-corrected chi connectivity index (χ0v) is 17.1. The Balaban J connectivity index is 1.96. The van der Waals surface area contributed by atoms with Gasteiger partial charge in [-0.3, -0.25) is 4.79 Å². The lowest BCUT2D eigenvalue weighted by atomic mass is 9.98. The maximum Gasteiger partial charge on any atom is 0.408 e. The van der Waals surface area contributed by atoms with E-state index in [1.54, 1.807) is 20.8 Å². The van der Waals surface area contributed by atoms with Crippen LogP contribution in [0.2, 0.25) is 0 Å². The third kappa shape index (κ3) is 6.35. The minimum absolute atomic E-state index is 0.0677. The van der Waals surface area contributed by atoms with Gasteiger partial charge in [0.2, 0.25) is 17.6 Å². The summed E-state index contributed by atoms with van der Waals surface area (Å²) in [5, 5.41) is 11.2. The molecule has 0 fully saturated rings. The van der Waals surface area contributed by atoms with E-state index in [0.717, 1.165) is 11.3 Å². The number of hydrogen-bond acceptors (Lipinski definition) is 7. The fourth-order valence-electron chi connectivity index (χ4n) is 2.24. The zero-order valence-electron chi connectivity index (χ0n) is 16.2. The van der Waals surface area contributed by atoms with Gasteiger partial charge >= 0.3 is 6.09 Å². The third-order valence-corrected chi connectivity index (χ3v) is 4.66. The molecule has 0 aromatic carbocycles. The Morgan fingerprint density at radius 3 is 2.70 bits per heavy atom. The number of aromatic nitrogens is 2. The number of alkyl carbamates (subject to hydrolysis) is 1. The quantitative estimate of drug-likeness (QED) is 0.746. The van der Waals surface area contributed by atoms with Crippen LogP contribution in [0.15, 0.2) is 22.0 Å². The molecule has 0 radical (unpaired) electrons. The maximum absolute atomic E-state index is 12.6. The van der Waals surface area contributed by atoms with Crippen molar-refractivity contribution in [1.82, 2.24) is 20.8 Å². The summed E-state index contributed by atoms with van der Waals surface area (Å²) in [6.45, 7) is 9.24. The molecule has 2 aromatic heterocycles. The van der Waals surface area contributed by atoms with Crippen molar-refractivity contribution in [2.75, 3.05) is 0 Å². The van der Waals surface area contributed by atoms with Crippen molar-refractivity contribution >= 4 is 23.3 Å². The van der Waals surface area contributed by atoms with Gasteiger partial charge in [-0.15, -0.1) is 11.3 Å². The number of carbonyl (C=O) groups is 2. The highest BCUT2D eigenvalue weighted by molar-refractivity contribution is 7.13. The van der Waals surface area contributed by atoms with Crippen LogP contribution >= 0.6 is 11.3 Å². The van der Waals surface area contributed by atoms with E-state index in [1.165, 1.54) is 11.3 Å². The van der Waals surface area contributed by atoms with Gasteiger partial charge in [0.15, 0.2) is 0 Å². The summed E-state index contributed by atoms with van der Waals surface area (Å²) in [6.07, 6.45) is 0.0949. The normalized spacial score (nSPS) is 13.7. The van der Waals surface area contributed by atoms with Gasteiger partial charge in [0.1, 0.15) is 11.6 Å². The average molecular weight is 394 g/mol. The number of carbonyl (C=O) groups excluding carboxylic acids is 2. The predicted molar refractivity (Wildman–Crippen MR) is 102 cm³/mol. The molecular formula is C18H26N4O4S. The second-order valence-electron chi connectivity index (χ2n) is 7.22. The molecule has 8 nitrogen and oxygen atoms in total. The molecule has 0 aliphatic heterocycles. The van der Waals surface area contributed by atoms with Gasteiger partial charge in [-0.1, -0.05) is 31.5 Å². The highest BCUT2D eigenvalue weighted by atomic mass is 32.1. The Morgan fingerprint density at radius 1 is 1.37 bits per heavy atom. The number of hydrogen-bond donors (Lipinski definition) is 2. The number of nitrogens with one attached hydrogen (secondary N) is 2. The number of rotatable bonds is 7. The van der Waals surface area contributed by atoms with Crippen LogP contribution < -0.4 is 10.6 Å². The summed E-state index contributed by atoms with van der Waals surface area (Å²) >= 11 is 1.50. The van der Waals surface area contributed by atoms with Crippen molar-refractivity contribution in [3.05, 3.63) is 23.4 Å². The molecule has 2 aromatic rings. The fourth-order valence-corrected chi connectivity index (χ4v) is 2.89. The molecule has 9 heteroatoms. The molecule has 0 bridgehead atoms. The van der Waals surface area contributed by atoms with Crippen LogP contribution in [0.4, 0.5) is 4.79 Å². The van der Waals surface area contributed by atoms with Crippen LogP contribution in [0.25, 0.3) is 10.7 Å². The Bertz CT molecular complexity index is 752. The average Bonchev–Trinajstić information content (AvgIpc) is 3.26. The summed E-state index contributed by atoms with van der Waals surface area (Å²) < 4.78 is 10.4. The molecular weight excluding hydrogens is 368 g/mol. The highest BCUT2D eigenvalue weighted by Crippen LogP contribution is 2.21. The molecule has 2 rings (SSSR count). The summed E-state index contributed by atoms with van der Waals surface area (Å²) in [5.41, 5.74) is -0.636. The Hall–Kier alpha value is -2.42. The second kappa shape index (κ2) is 8.98. The molecule has 148 valence electrons. The third-order valence-electron chi connectivity index (χ3n) is 3.79. The van der Waals surface area contributed by atoms with Crippen molar-refractivity contribution in [3.8, 4) is 10.7 Å². The topological polar surface area (TPSA) is 106 Å². The van der Waals surface area contributed by atoms with Crippen LogP contribution in [-0.2, 0) is 16.1 Å². The number of thiophene rings is 1. The van der Waals surface area contributed by atoms with Crippen molar-refractivity contribution in [1.29, 1.82) is 0 Å². The van der Waals surface area contributed by atoms with Gasteiger partial charge in [-0.2, -0.15) is 4.98 Å². The van der Waals surface area contributed by atoms with Crippen LogP contribution in [0.3, 0.4) is 0 Å². The fraction of sp³-hybridized carbons (Fsp3) is 0.556. The van der Waals surface area contributed by atoms with Crippen molar-refractivity contribution in [2.45, 2.75) is 59.2 Å². The molecule has 2 atom stereocenters. The lowest BCUT2D eigenvalue weighted by Gasteiger charge is -2.26. The lowest BCUT2D eigenvalue weighted by Crippen LogP contribution is -2.51. The van der Waals surface area contributed by atoms with Gasteiger partial charge in [0.25, 0.3) is 0 Å². The first kappa shape index (κ1) is 20.9. The molecule has 0 saturated heterocycles. The molecule has 27 heavy (non-hydrogen) atoms. The molecule has 2 amide bonds. The van der Waals surface area contributed by atoms with Crippen molar-refractivity contribution in [2.24, 2.45) is 5.92 Å². The first-order valence-electron chi connectivity index (χ1n) is 8.83. The van der Waals surface area contributed by atoms with E-state index in [-0.39, 0.29) is 18.4 Å². The van der Waals surface area contributed by atoms with Crippen LogP contribution in [-0.4, -0.2) is 33.8 Å². The van der Waals surface area contributed by atoms with Gasteiger partial charge in [0, 0.05) is 0 Å². The predicted octanol–water partition coefficient (Wildman–Crippen LogP) is 3.35. The minimum Gasteiger partial charge on any atom is -0.444 e. The monoisotopic (exact) mass is 394 g/mol. The number of amides is 2. The van der Waals surface area contributed by atoms with E-state index >= 15 is 0 Å². The maximum atomic E-state index is 12.6. The van der Waals surface area contributed by atoms with Gasteiger partial charge < -0.3 is 19.9 Å². The number of nitrogens with zero attached hydrogens (tertiary/aromatic N) is 2.